The van der Waals surface area contributed by atoms with Gasteiger partial charge < -0.3 is 19.5 Å². The molecule has 5 heteroatoms. The number of carboxylic acid groups (broad SMARTS) is 1. The lowest BCUT2D eigenvalue weighted by molar-refractivity contribution is -0.143. The summed E-state index contributed by atoms with van der Waals surface area (Å²) in [5.41, 5.74) is 4.55. The van der Waals surface area contributed by atoms with Gasteiger partial charge in [-0.3, -0.25) is 4.79 Å². The molecule has 0 aromatic heterocycles. The molecule has 1 spiro atoms. The van der Waals surface area contributed by atoms with E-state index in [-0.39, 0.29) is 5.60 Å². The Balaban J connectivity index is 1.40. The van der Waals surface area contributed by atoms with E-state index in [1.807, 2.05) is 24.3 Å². The Morgan fingerprint density at radius 2 is 1.83 bits per heavy atom. The number of methoxy groups -OCH3 is 1. The lowest BCUT2D eigenvalue weighted by Gasteiger charge is -2.40. The Hall–Kier alpha value is -2.21. The molecule has 5 nitrogen and oxygen atoms in total. The molecule has 4 rings (SSSR count). The van der Waals surface area contributed by atoms with Crippen molar-refractivity contribution < 1.29 is 19.4 Å². The molecule has 2 heterocycles. The van der Waals surface area contributed by atoms with Crippen LogP contribution in [0.25, 0.3) is 0 Å². The highest BCUT2D eigenvalue weighted by molar-refractivity contribution is 5.70. The first kappa shape index (κ1) is 20.1. The molecule has 0 aliphatic carbocycles. The Labute approximate surface area is 172 Å². The van der Waals surface area contributed by atoms with Crippen molar-refractivity contribution in [1.82, 2.24) is 4.90 Å². The fourth-order valence-electron chi connectivity index (χ4n) is 4.75. The number of likely N-dealkylation sites (tertiary alicyclic amines) is 1. The van der Waals surface area contributed by atoms with Crippen molar-refractivity contribution in [2.45, 2.75) is 38.1 Å². The Morgan fingerprint density at radius 3 is 2.55 bits per heavy atom. The van der Waals surface area contributed by atoms with Gasteiger partial charge in [0.15, 0.2) is 0 Å². The van der Waals surface area contributed by atoms with E-state index in [9.17, 15) is 9.90 Å². The van der Waals surface area contributed by atoms with Gasteiger partial charge in [0, 0.05) is 26.7 Å². The third kappa shape index (κ3) is 4.22. The van der Waals surface area contributed by atoms with Crippen molar-refractivity contribution in [3.05, 3.63) is 70.8 Å². The SMILES string of the molecule is COCc1ccccc1CC(CN1CCC2(CC1)OCc1ccccc12)C(=O)O. The van der Waals surface area contributed by atoms with Crippen molar-refractivity contribution in [3.63, 3.8) is 0 Å². The minimum Gasteiger partial charge on any atom is -0.481 e. The summed E-state index contributed by atoms with van der Waals surface area (Å²) in [4.78, 5) is 14.3. The van der Waals surface area contributed by atoms with Crippen molar-refractivity contribution in [2.24, 2.45) is 5.92 Å². The maximum atomic E-state index is 12.0. The molecule has 1 atom stereocenters. The molecule has 2 aliphatic heterocycles. The summed E-state index contributed by atoms with van der Waals surface area (Å²) in [6.07, 6.45) is 2.35. The van der Waals surface area contributed by atoms with Crippen LogP contribution in [0.5, 0.6) is 0 Å². The highest BCUT2D eigenvalue weighted by Gasteiger charge is 2.42. The van der Waals surface area contributed by atoms with Gasteiger partial charge in [-0.2, -0.15) is 0 Å². The Kier molecular flexibility index (Phi) is 5.99. The topological polar surface area (TPSA) is 59.0 Å². The second kappa shape index (κ2) is 8.66. The van der Waals surface area contributed by atoms with Gasteiger partial charge in [0.2, 0.25) is 0 Å². The molecule has 29 heavy (non-hydrogen) atoms. The van der Waals surface area contributed by atoms with Crippen LogP contribution in [-0.4, -0.2) is 42.7 Å². The molecule has 1 N–H and O–H groups in total. The first-order valence-corrected chi connectivity index (χ1v) is 10.3. The molecule has 1 saturated heterocycles. The summed E-state index contributed by atoms with van der Waals surface area (Å²) in [6, 6.07) is 16.4. The van der Waals surface area contributed by atoms with Crippen molar-refractivity contribution in [2.75, 3.05) is 26.7 Å². The van der Waals surface area contributed by atoms with Gasteiger partial charge >= 0.3 is 5.97 Å². The number of fused-ring (bicyclic) bond motifs is 2. The summed E-state index contributed by atoms with van der Waals surface area (Å²) < 4.78 is 11.5. The van der Waals surface area contributed by atoms with Gasteiger partial charge in [0.05, 0.1) is 24.7 Å². The zero-order valence-corrected chi connectivity index (χ0v) is 17.0. The number of carbonyl (C=O) groups is 1. The number of aliphatic carboxylic acids is 1. The monoisotopic (exact) mass is 395 g/mol. The molecule has 2 aliphatic rings. The third-order valence-electron chi connectivity index (χ3n) is 6.39. The van der Waals surface area contributed by atoms with E-state index in [0.717, 1.165) is 37.1 Å². The summed E-state index contributed by atoms with van der Waals surface area (Å²) in [7, 11) is 1.66. The molecule has 2 aromatic rings. The van der Waals surface area contributed by atoms with E-state index < -0.39 is 11.9 Å². The molecule has 2 aromatic carbocycles. The second-order valence-corrected chi connectivity index (χ2v) is 8.18. The molecule has 1 fully saturated rings. The number of nitrogens with zero attached hydrogens (tertiary/aromatic N) is 1. The van der Waals surface area contributed by atoms with Crippen LogP contribution < -0.4 is 0 Å². The molecule has 0 saturated carbocycles. The number of rotatable bonds is 7. The Morgan fingerprint density at radius 1 is 1.14 bits per heavy atom. The minimum atomic E-state index is -0.736. The van der Waals surface area contributed by atoms with Crippen LogP contribution in [0.4, 0.5) is 0 Å². The number of piperidine rings is 1. The van der Waals surface area contributed by atoms with Gasteiger partial charge in [-0.15, -0.1) is 0 Å². The van der Waals surface area contributed by atoms with Crippen molar-refractivity contribution in [3.8, 4) is 0 Å². The van der Waals surface area contributed by atoms with E-state index in [1.54, 1.807) is 7.11 Å². The molecule has 154 valence electrons. The maximum Gasteiger partial charge on any atom is 0.308 e. The van der Waals surface area contributed by atoms with Crippen LogP contribution in [-0.2, 0) is 39.5 Å². The van der Waals surface area contributed by atoms with Crippen LogP contribution >= 0.6 is 0 Å². The highest BCUT2D eigenvalue weighted by atomic mass is 16.5. The number of ether oxygens (including phenoxy) is 2. The lowest BCUT2D eigenvalue weighted by Crippen LogP contribution is -2.45. The quantitative estimate of drug-likeness (QED) is 0.776. The smallest absolute Gasteiger partial charge is 0.308 e. The Bertz CT molecular complexity index is 857. The number of hydrogen-bond acceptors (Lipinski definition) is 4. The van der Waals surface area contributed by atoms with Crippen LogP contribution in [0.1, 0.15) is 35.1 Å². The predicted molar refractivity (Wildman–Crippen MR) is 111 cm³/mol. The van der Waals surface area contributed by atoms with E-state index in [1.165, 1.54) is 11.1 Å². The molecular formula is C24H29NO4. The first-order valence-electron chi connectivity index (χ1n) is 10.3. The molecular weight excluding hydrogens is 366 g/mol. The molecule has 0 radical (unpaired) electrons. The molecule has 0 bridgehead atoms. The van der Waals surface area contributed by atoms with Gasteiger partial charge in [-0.25, -0.2) is 0 Å². The van der Waals surface area contributed by atoms with E-state index >= 15 is 0 Å². The molecule has 0 amide bonds. The van der Waals surface area contributed by atoms with Gasteiger partial charge in [-0.1, -0.05) is 48.5 Å². The van der Waals surface area contributed by atoms with E-state index in [2.05, 4.69) is 29.2 Å². The van der Waals surface area contributed by atoms with Crippen LogP contribution in [0.3, 0.4) is 0 Å². The van der Waals surface area contributed by atoms with Gasteiger partial charge in [0.1, 0.15) is 0 Å². The van der Waals surface area contributed by atoms with Crippen molar-refractivity contribution >= 4 is 5.97 Å². The summed E-state index contributed by atoms with van der Waals surface area (Å²) >= 11 is 0. The van der Waals surface area contributed by atoms with Crippen LogP contribution in [0.15, 0.2) is 48.5 Å². The largest absolute Gasteiger partial charge is 0.481 e. The van der Waals surface area contributed by atoms with Gasteiger partial charge in [0.25, 0.3) is 0 Å². The second-order valence-electron chi connectivity index (χ2n) is 8.18. The van der Waals surface area contributed by atoms with Gasteiger partial charge in [-0.05, 0) is 41.5 Å². The predicted octanol–water partition coefficient (Wildman–Crippen LogP) is 3.60. The van der Waals surface area contributed by atoms with E-state index in [4.69, 9.17) is 9.47 Å². The van der Waals surface area contributed by atoms with E-state index in [0.29, 0.717) is 26.2 Å². The maximum absolute atomic E-state index is 12.0. The first-order chi connectivity index (χ1) is 14.1. The fraction of sp³-hybridized carbons (Fsp3) is 0.458. The third-order valence-corrected chi connectivity index (χ3v) is 6.39. The molecule has 1 unspecified atom stereocenters. The standard InChI is InChI=1S/C24H29NO4/c1-28-16-19-7-3-2-6-18(19)14-21(23(26)27)15-25-12-10-24(11-13-25)22-9-5-4-8-20(22)17-29-24/h2-9,21H,10-17H2,1H3,(H,26,27). The summed E-state index contributed by atoms with van der Waals surface area (Å²) in [5, 5.41) is 9.84. The van der Waals surface area contributed by atoms with Crippen LogP contribution in [0, 0.1) is 5.92 Å². The average Bonchev–Trinajstić information content (AvgIpc) is 3.09. The summed E-state index contributed by atoms with van der Waals surface area (Å²) in [5.74, 6) is -1.17. The minimum absolute atomic E-state index is 0.184. The normalized spacial score (nSPS) is 19.2. The lowest BCUT2D eigenvalue weighted by atomic mass is 9.83. The average molecular weight is 395 g/mol. The summed E-state index contributed by atoms with van der Waals surface area (Å²) in [6.45, 7) is 3.47. The number of benzene rings is 2. The fourth-order valence-corrected chi connectivity index (χ4v) is 4.75. The number of hydrogen-bond donors (Lipinski definition) is 1. The highest BCUT2D eigenvalue weighted by Crippen LogP contribution is 2.44. The van der Waals surface area contributed by atoms with Crippen LogP contribution in [0.2, 0.25) is 0 Å². The van der Waals surface area contributed by atoms with Crippen molar-refractivity contribution in [1.29, 1.82) is 0 Å². The number of carboxylic acids is 1. The zero-order chi connectivity index (χ0) is 20.3. The zero-order valence-electron chi connectivity index (χ0n) is 17.0.